The number of methoxy groups -OCH3 is 1. The first-order valence-corrected chi connectivity index (χ1v) is 10.3. The van der Waals surface area contributed by atoms with Crippen molar-refractivity contribution in [2.24, 2.45) is 0 Å². The van der Waals surface area contributed by atoms with E-state index in [1.54, 1.807) is 10.6 Å². The van der Waals surface area contributed by atoms with E-state index in [2.05, 4.69) is 20.8 Å². The minimum absolute atomic E-state index is 0.198. The second kappa shape index (κ2) is 8.17. The Hall–Kier alpha value is -2.76. The molecular formula is C24H30FN3O2. The number of aromatic nitrogens is 3. The Labute approximate surface area is 177 Å². The Morgan fingerprint density at radius 2 is 1.93 bits per heavy atom. The fraction of sp³-hybridized carbons (Fsp3) is 0.458. The van der Waals surface area contributed by atoms with Gasteiger partial charge in [-0.3, -0.25) is 4.79 Å². The van der Waals surface area contributed by atoms with Crippen LogP contribution in [0.2, 0.25) is 0 Å². The molecule has 0 amide bonds. The first kappa shape index (κ1) is 21.9. The van der Waals surface area contributed by atoms with Crippen LogP contribution in [0.4, 0.5) is 4.39 Å². The molecule has 1 unspecified atom stereocenters. The molecular weight excluding hydrogens is 381 g/mol. The molecule has 1 atom stereocenters. The zero-order valence-electron chi connectivity index (χ0n) is 18.8. The maximum Gasteiger partial charge on any atom is 0.313 e. The third-order valence-electron chi connectivity index (χ3n) is 5.39. The normalized spacial score (nSPS) is 12.9. The van der Waals surface area contributed by atoms with E-state index in [1.807, 2.05) is 32.9 Å². The van der Waals surface area contributed by atoms with Crippen molar-refractivity contribution >= 4 is 11.6 Å². The summed E-state index contributed by atoms with van der Waals surface area (Å²) in [5.74, 6) is -1.25. The summed E-state index contributed by atoms with van der Waals surface area (Å²) >= 11 is 0. The summed E-state index contributed by atoms with van der Waals surface area (Å²) in [4.78, 5) is 17.4. The summed E-state index contributed by atoms with van der Waals surface area (Å²) in [6.07, 6.45) is 1.36. The van der Waals surface area contributed by atoms with E-state index in [0.29, 0.717) is 34.6 Å². The van der Waals surface area contributed by atoms with Gasteiger partial charge in [-0.1, -0.05) is 40.2 Å². The number of hydrogen-bond acceptors (Lipinski definition) is 4. The lowest BCUT2D eigenvalue weighted by Gasteiger charge is -2.21. The van der Waals surface area contributed by atoms with Gasteiger partial charge in [0.1, 0.15) is 5.82 Å². The average molecular weight is 412 g/mol. The van der Waals surface area contributed by atoms with E-state index in [1.165, 1.54) is 13.2 Å². The highest BCUT2D eigenvalue weighted by atomic mass is 19.1. The van der Waals surface area contributed by atoms with Gasteiger partial charge in [0.25, 0.3) is 0 Å². The quantitative estimate of drug-likeness (QED) is 0.520. The van der Waals surface area contributed by atoms with Crippen molar-refractivity contribution in [2.45, 2.75) is 65.7 Å². The lowest BCUT2D eigenvalue weighted by Crippen LogP contribution is -2.19. The zero-order valence-corrected chi connectivity index (χ0v) is 18.8. The molecule has 0 aliphatic rings. The maximum atomic E-state index is 15.2. The van der Waals surface area contributed by atoms with E-state index in [9.17, 15) is 4.79 Å². The molecule has 0 radical (unpaired) electrons. The van der Waals surface area contributed by atoms with Crippen LogP contribution in [0.15, 0.2) is 24.3 Å². The third-order valence-corrected chi connectivity index (χ3v) is 5.39. The van der Waals surface area contributed by atoms with Crippen LogP contribution in [0.5, 0.6) is 0 Å². The fourth-order valence-corrected chi connectivity index (χ4v) is 3.80. The van der Waals surface area contributed by atoms with Crippen molar-refractivity contribution in [1.29, 1.82) is 0 Å². The SMILES string of the molecule is CCCC(C(=O)OC)c1c(C)nc2cc(C(C)(C)C)nn2c1-c1ccc(C)cc1F. The van der Waals surface area contributed by atoms with E-state index >= 15 is 4.39 Å². The van der Waals surface area contributed by atoms with Crippen LogP contribution in [-0.2, 0) is 14.9 Å². The monoisotopic (exact) mass is 411 g/mol. The molecule has 30 heavy (non-hydrogen) atoms. The molecule has 1 aromatic carbocycles. The van der Waals surface area contributed by atoms with Crippen LogP contribution in [0.1, 0.15) is 69.0 Å². The molecule has 2 aromatic heterocycles. The second-order valence-corrected chi connectivity index (χ2v) is 8.86. The van der Waals surface area contributed by atoms with Gasteiger partial charge in [-0.05, 0) is 38.0 Å². The van der Waals surface area contributed by atoms with Crippen molar-refractivity contribution in [3.05, 3.63) is 52.6 Å². The topological polar surface area (TPSA) is 56.5 Å². The average Bonchev–Trinajstić information content (AvgIpc) is 3.09. The van der Waals surface area contributed by atoms with Gasteiger partial charge in [0, 0.05) is 28.3 Å². The van der Waals surface area contributed by atoms with Gasteiger partial charge in [0.05, 0.1) is 24.4 Å². The Morgan fingerprint density at radius 1 is 1.23 bits per heavy atom. The smallest absolute Gasteiger partial charge is 0.313 e. The molecule has 0 N–H and O–H groups in total. The molecule has 0 fully saturated rings. The molecule has 0 saturated carbocycles. The largest absolute Gasteiger partial charge is 0.469 e. The molecule has 0 bridgehead atoms. The predicted octanol–water partition coefficient (Wildman–Crippen LogP) is 5.51. The van der Waals surface area contributed by atoms with Crippen molar-refractivity contribution in [3.8, 4) is 11.3 Å². The third kappa shape index (κ3) is 3.95. The molecule has 0 spiro atoms. The van der Waals surface area contributed by atoms with Gasteiger partial charge in [-0.15, -0.1) is 0 Å². The molecule has 6 heteroatoms. The Kier molecular flexibility index (Phi) is 5.97. The molecule has 2 heterocycles. The number of esters is 1. The maximum absolute atomic E-state index is 15.2. The van der Waals surface area contributed by atoms with Gasteiger partial charge in [0.15, 0.2) is 5.65 Å². The Balaban J connectivity index is 2.45. The van der Waals surface area contributed by atoms with Crippen LogP contribution >= 0.6 is 0 Å². The summed E-state index contributed by atoms with van der Waals surface area (Å²) < 4.78 is 21.9. The minimum Gasteiger partial charge on any atom is -0.469 e. The van der Waals surface area contributed by atoms with Gasteiger partial charge in [-0.25, -0.2) is 13.9 Å². The first-order chi connectivity index (χ1) is 14.1. The molecule has 0 saturated heterocycles. The summed E-state index contributed by atoms with van der Waals surface area (Å²) in [7, 11) is 1.38. The molecule has 0 aliphatic carbocycles. The number of fused-ring (bicyclic) bond motifs is 1. The number of benzene rings is 1. The number of hydrogen-bond donors (Lipinski definition) is 0. The summed E-state index contributed by atoms with van der Waals surface area (Å²) in [5, 5.41) is 4.79. The van der Waals surface area contributed by atoms with Crippen LogP contribution in [-0.4, -0.2) is 27.7 Å². The van der Waals surface area contributed by atoms with Crippen molar-refractivity contribution in [1.82, 2.24) is 14.6 Å². The molecule has 0 aliphatic heterocycles. The fourth-order valence-electron chi connectivity index (χ4n) is 3.80. The number of carbonyl (C=O) groups is 1. The lowest BCUT2D eigenvalue weighted by molar-refractivity contribution is -0.142. The highest BCUT2D eigenvalue weighted by molar-refractivity contribution is 5.83. The van der Waals surface area contributed by atoms with E-state index < -0.39 is 5.92 Å². The van der Waals surface area contributed by atoms with Gasteiger partial charge in [-0.2, -0.15) is 5.10 Å². The number of rotatable bonds is 5. The molecule has 5 nitrogen and oxygen atoms in total. The summed E-state index contributed by atoms with van der Waals surface area (Å²) in [6.45, 7) is 11.9. The summed E-state index contributed by atoms with van der Waals surface area (Å²) in [5.41, 5.74) is 4.43. The van der Waals surface area contributed by atoms with Crippen molar-refractivity contribution in [3.63, 3.8) is 0 Å². The van der Waals surface area contributed by atoms with Crippen LogP contribution in [0.3, 0.4) is 0 Å². The lowest BCUT2D eigenvalue weighted by atomic mass is 9.89. The van der Waals surface area contributed by atoms with Gasteiger partial charge >= 0.3 is 5.97 Å². The van der Waals surface area contributed by atoms with E-state index in [-0.39, 0.29) is 17.2 Å². The van der Waals surface area contributed by atoms with Crippen LogP contribution < -0.4 is 0 Å². The van der Waals surface area contributed by atoms with E-state index in [0.717, 1.165) is 17.7 Å². The molecule has 3 aromatic rings. The first-order valence-electron chi connectivity index (χ1n) is 10.3. The van der Waals surface area contributed by atoms with Crippen LogP contribution in [0.25, 0.3) is 16.9 Å². The summed E-state index contributed by atoms with van der Waals surface area (Å²) in [6, 6.07) is 7.05. The highest BCUT2D eigenvalue weighted by Gasteiger charge is 2.31. The Morgan fingerprint density at radius 3 is 2.50 bits per heavy atom. The number of carbonyl (C=O) groups excluding carboxylic acids is 1. The Bertz CT molecular complexity index is 1100. The number of nitrogens with zero attached hydrogens (tertiary/aromatic N) is 3. The predicted molar refractivity (Wildman–Crippen MR) is 116 cm³/mol. The number of ether oxygens (including phenoxy) is 1. The number of aryl methyl sites for hydroxylation is 2. The van der Waals surface area contributed by atoms with Crippen molar-refractivity contribution < 1.29 is 13.9 Å². The van der Waals surface area contributed by atoms with Gasteiger partial charge < -0.3 is 4.74 Å². The number of halogens is 1. The molecule has 3 rings (SSSR count). The van der Waals surface area contributed by atoms with Crippen molar-refractivity contribution in [2.75, 3.05) is 7.11 Å². The minimum atomic E-state index is -0.546. The second-order valence-electron chi connectivity index (χ2n) is 8.86. The zero-order chi connectivity index (χ0) is 22.2. The van der Waals surface area contributed by atoms with E-state index in [4.69, 9.17) is 14.8 Å². The molecule has 160 valence electrons. The van der Waals surface area contributed by atoms with Crippen LogP contribution in [0, 0.1) is 19.7 Å². The van der Waals surface area contributed by atoms with Gasteiger partial charge in [0.2, 0.25) is 0 Å². The standard InChI is InChI=1S/C24H30FN3O2/c1-8-9-17(23(29)30-7)21-15(3)26-20-13-19(24(4,5)6)27-28(20)22(21)16-11-10-14(2)12-18(16)25/h10-13,17H,8-9H2,1-7H3. The highest BCUT2D eigenvalue weighted by Crippen LogP contribution is 2.37.